The molecule has 188 valence electrons. The van der Waals surface area contributed by atoms with E-state index in [-0.39, 0.29) is 52.6 Å². The van der Waals surface area contributed by atoms with Crippen molar-refractivity contribution in [2.75, 3.05) is 18.1 Å². The molecule has 0 atom stereocenters. The highest BCUT2D eigenvalue weighted by Gasteiger charge is 2.35. The van der Waals surface area contributed by atoms with E-state index in [2.05, 4.69) is 20.4 Å². The first-order chi connectivity index (χ1) is 16.3. The number of fused-ring (bicyclic) bond motifs is 1. The molecule has 10 nitrogen and oxygen atoms in total. The third-order valence-electron chi connectivity index (χ3n) is 5.25. The number of ether oxygens (including phenoxy) is 2. The number of carbonyl (C=O) groups excluding carboxylic acids is 1. The topological polar surface area (TPSA) is 125 Å². The molecule has 1 N–H and O–H groups in total. The van der Waals surface area contributed by atoms with Gasteiger partial charge in [-0.15, -0.1) is 5.10 Å². The summed E-state index contributed by atoms with van der Waals surface area (Å²) >= 11 is 5.80. The molecule has 0 spiro atoms. The van der Waals surface area contributed by atoms with Gasteiger partial charge >= 0.3 is 6.18 Å². The Morgan fingerprint density at radius 1 is 1.29 bits per heavy atom. The fourth-order valence-corrected chi connectivity index (χ4v) is 5.20. The van der Waals surface area contributed by atoms with Crippen LogP contribution in [0, 0.1) is 0 Å². The van der Waals surface area contributed by atoms with Crippen LogP contribution in [0.15, 0.2) is 30.6 Å². The zero-order valence-corrected chi connectivity index (χ0v) is 19.7. The first-order valence-electron chi connectivity index (χ1n) is 10.2. The average Bonchev–Trinajstić information content (AvgIpc) is 3.19. The smallest absolute Gasteiger partial charge is 0.422 e. The maximum absolute atomic E-state index is 12.7. The number of aromatic nitrogens is 4. The molecule has 1 fully saturated rings. The molecule has 4 heterocycles. The molecular formula is C20H19ClF3N5O5S. The van der Waals surface area contributed by atoms with Crippen molar-refractivity contribution in [1.29, 1.82) is 0 Å². The third kappa shape index (κ3) is 6.31. The molecule has 0 saturated carbocycles. The lowest BCUT2D eigenvalue weighted by Crippen LogP contribution is -2.51. The second-order valence-corrected chi connectivity index (χ2v) is 11.0. The Bertz CT molecular complexity index is 1370. The van der Waals surface area contributed by atoms with E-state index < -0.39 is 34.1 Å². The minimum atomic E-state index is -4.58. The highest BCUT2D eigenvalue weighted by atomic mass is 35.5. The van der Waals surface area contributed by atoms with Crippen LogP contribution in [0.4, 0.5) is 13.2 Å². The van der Waals surface area contributed by atoms with Crippen molar-refractivity contribution < 1.29 is 35.9 Å². The van der Waals surface area contributed by atoms with Gasteiger partial charge in [0.05, 0.1) is 22.7 Å². The minimum Gasteiger partial charge on any atom is -0.478 e. The molecule has 1 amide bonds. The number of carbonyl (C=O) groups is 1. The molecular weight excluding hydrogens is 515 g/mol. The van der Waals surface area contributed by atoms with E-state index in [9.17, 15) is 26.4 Å². The van der Waals surface area contributed by atoms with Gasteiger partial charge in [-0.2, -0.15) is 13.2 Å². The molecule has 4 rings (SSSR count). The minimum absolute atomic E-state index is 0.00932. The van der Waals surface area contributed by atoms with Crippen LogP contribution in [-0.2, 0) is 9.84 Å². The number of alkyl halides is 3. The van der Waals surface area contributed by atoms with Crippen molar-refractivity contribution in [2.45, 2.75) is 31.5 Å². The van der Waals surface area contributed by atoms with Crippen LogP contribution < -0.4 is 14.8 Å². The SMILES string of the molecule is CC1(NC(=O)c2cn3nc(Oc4ncc(Cl)cc4OCC(F)(F)F)ccc3n2)CCS(=O)(=O)CC1. The van der Waals surface area contributed by atoms with Gasteiger partial charge < -0.3 is 14.8 Å². The van der Waals surface area contributed by atoms with Gasteiger partial charge in [-0.1, -0.05) is 11.6 Å². The number of hydrogen-bond donors (Lipinski definition) is 1. The van der Waals surface area contributed by atoms with E-state index in [0.29, 0.717) is 5.65 Å². The second-order valence-electron chi connectivity index (χ2n) is 8.23. The molecule has 0 aliphatic carbocycles. The average molecular weight is 534 g/mol. The van der Waals surface area contributed by atoms with Crippen LogP contribution in [0.5, 0.6) is 17.5 Å². The first-order valence-corrected chi connectivity index (χ1v) is 12.4. The van der Waals surface area contributed by atoms with Gasteiger partial charge in [0.25, 0.3) is 11.8 Å². The molecule has 0 radical (unpaired) electrons. The van der Waals surface area contributed by atoms with Crippen LogP contribution in [-0.4, -0.2) is 63.7 Å². The summed E-state index contributed by atoms with van der Waals surface area (Å²) in [6.45, 7) is 0.208. The van der Waals surface area contributed by atoms with Gasteiger partial charge in [0.15, 0.2) is 18.0 Å². The maximum Gasteiger partial charge on any atom is 0.422 e. The Morgan fingerprint density at radius 2 is 2.00 bits per heavy atom. The van der Waals surface area contributed by atoms with E-state index in [1.54, 1.807) is 6.92 Å². The predicted molar refractivity (Wildman–Crippen MR) is 118 cm³/mol. The molecule has 1 saturated heterocycles. The number of halogens is 4. The summed E-state index contributed by atoms with van der Waals surface area (Å²) in [5, 5.41) is 7.03. The number of hydrogen-bond acceptors (Lipinski definition) is 8. The number of nitrogens with zero attached hydrogens (tertiary/aromatic N) is 4. The normalized spacial score (nSPS) is 17.2. The van der Waals surface area contributed by atoms with Gasteiger partial charge in [-0.05, 0) is 25.8 Å². The Labute approximate surface area is 202 Å². The van der Waals surface area contributed by atoms with E-state index in [0.717, 1.165) is 6.07 Å². The number of amides is 1. The quantitative estimate of drug-likeness (QED) is 0.512. The van der Waals surface area contributed by atoms with Crippen LogP contribution in [0.2, 0.25) is 5.02 Å². The number of nitrogens with one attached hydrogen (secondary N) is 1. The molecule has 3 aromatic heterocycles. The van der Waals surface area contributed by atoms with Gasteiger partial charge in [0, 0.05) is 23.9 Å². The zero-order chi connectivity index (χ0) is 25.4. The predicted octanol–water partition coefficient (Wildman–Crippen LogP) is 3.21. The van der Waals surface area contributed by atoms with Crippen molar-refractivity contribution >= 4 is 33.0 Å². The van der Waals surface area contributed by atoms with Crippen LogP contribution in [0.25, 0.3) is 5.65 Å². The lowest BCUT2D eigenvalue weighted by Gasteiger charge is -2.34. The molecule has 1 aliphatic heterocycles. The Morgan fingerprint density at radius 3 is 2.69 bits per heavy atom. The largest absolute Gasteiger partial charge is 0.478 e. The summed E-state index contributed by atoms with van der Waals surface area (Å²) in [6, 6.07) is 4.01. The van der Waals surface area contributed by atoms with E-state index in [4.69, 9.17) is 21.1 Å². The molecule has 15 heteroatoms. The third-order valence-corrected chi connectivity index (χ3v) is 7.11. The summed E-state index contributed by atoms with van der Waals surface area (Å²) in [4.78, 5) is 20.8. The summed E-state index contributed by atoms with van der Waals surface area (Å²) in [5.41, 5.74) is -0.341. The van der Waals surface area contributed by atoms with E-state index in [1.165, 1.54) is 29.0 Å². The molecule has 1 aliphatic rings. The number of pyridine rings is 1. The maximum atomic E-state index is 12.7. The lowest BCUT2D eigenvalue weighted by molar-refractivity contribution is -0.153. The highest BCUT2D eigenvalue weighted by molar-refractivity contribution is 7.91. The van der Waals surface area contributed by atoms with Gasteiger partial charge in [-0.25, -0.2) is 22.9 Å². The molecule has 0 aromatic carbocycles. The summed E-state index contributed by atoms with van der Waals surface area (Å²) in [6.07, 6.45) is -1.48. The number of rotatable bonds is 6. The van der Waals surface area contributed by atoms with Gasteiger partial charge in [0.1, 0.15) is 15.5 Å². The molecule has 3 aromatic rings. The fraction of sp³-hybridized carbons (Fsp3) is 0.400. The monoisotopic (exact) mass is 533 g/mol. The summed E-state index contributed by atoms with van der Waals surface area (Å²) < 4.78 is 72.5. The highest BCUT2D eigenvalue weighted by Crippen LogP contribution is 2.32. The zero-order valence-electron chi connectivity index (χ0n) is 18.2. The molecule has 0 unspecified atom stereocenters. The summed E-state index contributed by atoms with van der Waals surface area (Å²) in [7, 11) is -3.09. The van der Waals surface area contributed by atoms with Crippen molar-refractivity contribution in [3.8, 4) is 17.5 Å². The van der Waals surface area contributed by atoms with Gasteiger partial charge in [0.2, 0.25) is 5.88 Å². The van der Waals surface area contributed by atoms with Crippen molar-refractivity contribution in [1.82, 2.24) is 24.9 Å². The Balaban J connectivity index is 1.50. The first kappa shape index (κ1) is 25.0. The Hall–Kier alpha value is -3.13. The second kappa shape index (κ2) is 9.15. The van der Waals surface area contributed by atoms with Gasteiger partial charge in [-0.3, -0.25) is 4.79 Å². The van der Waals surface area contributed by atoms with Crippen LogP contribution >= 0.6 is 11.6 Å². The Kier molecular flexibility index (Phi) is 6.53. The number of sulfone groups is 1. The van der Waals surface area contributed by atoms with Crippen molar-refractivity contribution in [3.05, 3.63) is 41.3 Å². The van der Waals surface area contributed by atoms with E-state index in [1.807, 2.05) is 0 Å². The van der Waals surface area contributed by atoms with Crippen LogP contribution in [0.1, 0.15) is 30.3 Å². The van der Waals surface area contributed by atoms with Crippen LogP contribution in [0.3, 0.4) is 0 Å². The lowest BCUT2D eigenvalue weighted by atomic mass is 9.95. The van der Waals surface area contributed by atoms with E-state index >= 15 is 0 Å². The van der Waals surface area contributed by atoms with Crippen molar-refractivity contribution in [2.24, 2.45) is 0 Å². The standard InChI is InChI=1S/C20H19ClF3N5O5S/c1-19(4-6-35(31,32)7-5-19)27-17(30)13-10-29-15(26-13)2-3-16(28-29)34-18-14(8-12(21)9-25-18)33-11-20(22,23)24/h2-3,8-10H,4-7,11H2,1H3,(H,27,30). The van der Waals surface area contributed by atoms with Crippen molar-refractivity contribution in [3.63, 3.8) is 0 Å². The molecule has 35 heavy (non-hydrogen) atoms. The number of imidazole rings is 1. The fourth-order valence-electron chi connectivity index (χ4n) is 3.33. The molecule has 0 bridgehead atoms. The summed E-state index contributed by atoms with van der Waals surface area (Å²) in [5.74, 6) is -1.19.